The number of hydrogen-bond donors (Lipinski definition) is 3. The van der Waals surface area contributed by atoms with Gasteiger partial charge in [-0.3, -0.25) is 24.9 Å². The van der Waals surface area contributed by atoms with Gasteiger partial charge < -0.3 is 15.4 Å². The van der Waals surface area contributed by atoms with Crippen molar-refractivity contribution in [1.29, 1.82) is 5.41 Å². The van der Waals surface area contributed by atoms with Gasteiger partial charge >= 0.3 is 0 Å². The highest BCUT2D eigenvalue weighted by Crippen LogP contribution is 2.52. The fraction of sp³-hybridized carbons (Fsp3) is 0.481. The van der Waals surface area contributed by atoms with E-state index in [1.807, 2.05) is 52.0 Å². The van der Waals surface area contributed by atoms with Crippen LogP contribution in [0.3, 0.4) is 0 Å². The minimum atomic E-state index is -0.491. The molecule has 1 saturated carbocycles. The number of fused-ring (bicyclic) bond motifs is 1. The van der Waals surface area contributed by atoms with E-state index in [1.165, 1.54) is 4.90 Å². The van der Waals surface area contributed by atoms with Crippen molar-refractivity contribution >= 4 is 29.4 Å². The number of benzene rings is 1. The lowest BCUT2D eigenvalue weighted by molar-refractivity contribution is -0.133. The van der Waals surface area contributed by atoms with E-state index < -0.39 is 17.2 Å². The summed E-state index contributed by atoms with van der Waals surface area (Å²) in [6, 6.07) is 8.64. The minimum absolute atomic E-state index is 0.0610. The predicted molar refractivity (Wildman–Crippen MR) is 137 cm³/mol. The molecular weight excluding hydrogens is 478 g/mol. The molecule has 36 heavy (non-hydrogen) atoms. The Kier molecular flexibility index (Phi) is 5.98. The highest BCUT2D eigenvalue weighted by atomic mass is 35.5. The Bertz CT molecular complexity index is 1200. The summed E-state index contributed by atoms with van der Waals surface area (Å²) in [6.45, 7) is 7.78. The Morgan fingerprint density at radius 1 is 1.28 bits per heavy atom. The maximum absolute atomic E-state index is 13.5. The number of ether oxygens (including phenoxy) is 1. The van der Waals surface area contributed by atoms with Gasteiger partial charge in [0.2, 0.25) is 11.8 Å². The van der Waals surface area contributed by atoms with E-state index in [-0.39, 0.29) is 42.1 Å². The van der Waals surface area contributed by atoms with Crippen LogP contribution in [-0.4, -0.2) is 38.8 Å². The van der Waals surface area contributed by atoms with Gasteiger partial charge in [-0.15, -0.1) is 0 Å². The number of carbonyl (C=O) groups is 2. The Labute approximate surface area is 216 Å². The summed E-state index contributed by atoms with van der Waals surface area (Å²) in [5.41, 5.74) is 0.720. The molecule has 5 rings (SSSR count). The van der Waals surface area contributed by atoms with Gasteiger partial charge in [-0.2, -0.15) is 0 Å². The Morgan fingerprint density at radius 3 is 2.75 bits per heavy atom. The number of nitrogens with zero attached hydrogens (tertiary/aromatic N) is 2. The van der Waals surface area contributed by atoms with Gasteiger partial charge in [0, 0.05) is 42.3 Å². The second-order valence-corrected chi connectivity index (χ2v) is 11.7. The van der Waals surface area contributed by atoms with E-state index >= 15 is 0 Å². The van der Waals surface area contributed by atoms with Crippen LogP contribution < -0.4 is 15.4 Å². The molecule has 2 aliphatic heterocycles. The first-order valence-corrected chi connectivity index (χ1v) is 12.7. The molecule has 1 saturated heterocycles. The number of aromatic nitrogens is 1. The second-order valence-electron chi connectivity index (χ2n) is 11.3. The zero-order valence-corrected chi connectivity index (χ0v) is 21.7. The third-order valence-electron chi connectivity index (χ3n) is 7.21. The summed E-state index contributed by atoms with van der Waals surface area (Å²) < 4.78 is 6.11. The Morgan fingerprint density at radius 2 is 2.06 bits per heavy atom. The average Bonchev–Trinajstić information content (AvgIpc) is 3.57. The molecule has 0 spiro atoms. The largest absolute Gasteiger partial charge is 0.486 e. The molecule has 9 heteroatoms. The normalized spacial score (nSPS) is 26.8. The number of pyridine rings is 1. The van der Waals surface area contributed by atoms with Crippen molar-refractivity contribution in [3.8, 4) is 5.75 Å². The molecule has 2 fully saturated rings. The van der Waals surface area contributed by atoms with Gasteiger partial charge in [0.05, 0.1) is 17.1 Å². The first kappa shape index (κ1) is 24.6. The molecule has 0 radical (unpaired) electrons. The van der Waals surface area contributed by atoms with E-state index in [9.17, 15) is 9.59 Å². The molecule has 3 aliphatic rings. The average molecular weight is 510 g/mol. The number of rotatable bonds is 5. The molecule has 0 bridgehead atoms. The van der Waals surface area contributed by atoms with Crippen LogP contribution in [0.1, 0.15) is 70.2 Å². The first-order valence-electron chi connectivity index (χ1n) is 12.3. The first-order chi connectivity index (χ1) is 17.0. The molecule has 4 atom stereocenters. The van der Waals surface area contributed by atoms with Crippen molar-refractivity contribution < 1.29 is 14.3 Å². The molecule has 190 valence electrons. The van der Waals surface area contributed by atoms with Crippen molar-refractivity contribution in [2.45, 2.75) is 70.2 Å². The SMILES string of the molecule is CC1(C)CC(=O)N([C@H](c2cccnc2)[C@@H]2C[C@H]2C(=O)NC2CC(C)(C)Oc3c(Cl)cccc32)C(=N)N1. The van der Waals surface area contributed by atoms with Crippen LogP contribution in [0.2, 0.25) is 5.02 Å². The Hall–Kier alpha value is -3.13. The summed E-state index contributed by atoms with van der Waals surface area (Å²) in [5.74, 6) is 0.0889. The van der Waals surface area contributed by atoms with Crippen LogP contribution in [0.4, 0.5) is 0 Å². The summed E-state index contributed by atoms with van der Waals surface area (Å²) in [4.78, 5) is 32.5. The van der Waals surface area contributed by atoms with Crippen LogP contribution in [0.5, 0.6) is 5.75 Å². The quantitative estimate of drug-likeness (QED) is 0.555. The predicted octanol–water partition coefficient (Wildman–Crippen LogP) is 4.37. The van der Waals surface area contributed by atoms with E-state index in [1.54, 1.807) is 18.5 Å². The van der Waals surface area contributed by atoms with E-state index in [0.29, 0.717) is 23.6 Å². The Balaban J connectivity index is 1.38. The molecule has 1 aromatic heterocycles. The number of nitrogens with one attached hydrogen (secondary N) is 3. The zero-order valence-electron chi connectivity index (χ0n) is 21.0. The van der Waals surface area contributed by atoms with Crippen LogP contribution in [0, 0.1) is 17.2 Å². The monoisotopic (exact) mass is 509 g/mol. The zero-order chi connectivity index (χ0) is 25.8. The van der Waals surface area contributed by atoms with Crippen LogP contribution >= 0.6 is 11.6 Å². The summed E-state index contributed by atoms with van der Waals surface area (Å²) >= 11 is 6.41. The van der Waals surface area contributed by atoms with Gasteiger partial charge in [0.25, 0.3) is 0 Å². The number of amides is 2. The van der Waals surface area contributed by atoms with Crippen molar-refractivity contribution in [3.63, 3.8) is 0 Å². The van der Waals surface area contributed by atoms with Crippen LogP contribution in [0.25, 0.3) is 0 Å². The lowest BCUT2D eigenvalue weighted by Gasteiger charge is -2.42. The van der Waals surface area contributed by atoms with Gasteiger partial charge in [0.15, 0.2) is 5.96 Å². The smallest absolute Gasteiger partial charge is 0.232 e. The van der Waals surface area contributed by atoms with Gasteiger partial charge in [0.1, 0.15) is 11.4 Å². The summed E-state index contributed by atoms with van der Waals surface area (Å²) in [7, 11) is 0. The maximum Gasteiger partial charge on any atom is 0.232 e. The maximum atomic E-state index is 13.5. The van der Waals surface area contributed by atoms with Crippen molar-refractivity contribution in [1.82, 2.24) is 20.5 Å². The number of guanidine groups is 1. The standard InChI is InChI=1S/C27H32ClN5O3/c1-26(2)13-21(34)33(25(29)32-26)22(15-7-6-10-30-14-15)17-11-18(17)24(35)31-20-12-27(3,4)36-23-16(20)8-5-9-19(23)28/h5-10,14,17-18,20,22H,11-13H2,1-4H3,(H2,29,32)(H,31,35)/t17-,18-,20?,22-/m1/s1. The highest BCUT2D eigenvalue weighted by Gasteiger charge is 2.54. The minimum Gasteiger partial charge on any atom is -0.486 e. The number of para-hydroxylation sites is 1. The van der Waals surface area contributed by atoms with Crippen molar-refractivity contribution in [3.05, 3.63) is 58.9 Å². The third kappa shape index (κ3) is 4.66. The van der Waals surface area contributed by atoms with Crippen molar-refractivity contribution in [2.24, 2.45) is 11.8 Å². The van der Waals surface area contributed by atoms with Crippen LogP contribution in [-0.2, 0) is 9.59 Å². The molecule has 3 N–H and O–H groups in total. The molecule has 1 unspecified atom stereocenters. The van der Waals surface area contributed by atoms with E-state index in [2.05, 4.69) is 15.6 Å². The summed E-state index contributed by atoms with van der Waals surface area (Å²) in [6.07, 6.45) is 4.91. The number of carbonyl (C=O) groups excluding carboxylic acids is 2. The molecule has 3 heterocycles. The van der Waals surface area contributed by atoms with Gasteiger partial charge in [-0.05, 0) is 57.7 Å². The topological polar surface area (TPSA) is 107 Å². The van der Waals surface area contributed by atoms with Gasteiger partial charge in [-0.1, -0.05) is 29.8 Å². The number of hydrogen-bond acceptors (Lipinski definition) is 5. The summed E-state index contributed by atoms with van der Waals surface area (Å²) in [5, 5.41) is 15.5. The van der Waals surface area contributed by atoms with Gasteiger partial charge in [-0.25, -0.2) is 0 Å². The fourth-order valence-electron chi connectivity index (χ4n) is 5.55. The molecule has 2 amide bonds. The second kappa shape index (κ2) is 8.76. The molecule has 2 aromatic rings. The van der Waals surface area contributed by atoms with E-state index in [0.717, 1.165) is 11.1 Å². The third-order valence-corrected chi connectivity index (χ3v) is 7.51. The van der Waals surface area contributed by atoms with E-state index in [4.69, 9.17) is 21.7 Å². The fourth-order valence-corrected chi connectivity index (χ4v) is 5.77. The molecule has 1 aliphatic carbocycles. The molecule has 8 nitrogen and oxygen atoms in total. The lowest BCUT2D eigenvalue weighted by atomic mass is 9.89. The highest BCUT2D eigenvalue weighted by molar-refractivity contribution is 6.32. The number of halogens is 1. The van der Waals surface area contributed by atoms with Crippen LogP contribution in [0.15, 0.2) is 42.7 Å². The lowest BCUT2D eigenvalue weighted by Crippen LogP contribution is -2.60. The molecular formula is C27H32ClN5O3. The molecule has 1 aromatic carbocycles. The van der Waals surface area contributed by atoms with Crippen molar-refractivity contribution in [2.75, 3.05) is 0 Å².